The van der Waals surface area contributed by atoms with Crippen molar-refractivity contribution in [2.24, 2.45) is 4.99 Å². The molecule has 1 aromatic carbocycles. The zero-order valence-corrected chi connectivity index (χ0v) is 20.7. The smallest absolute Gasteiger partial charge is 0.242 e. The SMILES string of the molecule is CCNC(=NCCCCN1CCN(Cc2ccccc2)CC1)N(C)CC(=O)N(CC)CC. The summed E-state index contributed by atoms with van der Waals surface area (Å²) < 4.78 is 0. The van der Waals surface area contributed by atoms with Gasteiger partial charge in [-0.15, -0.1) is 0 Å². The highest BCUT2D eigenvalue weighted by Crippen LogP contribution is 2.09. The summed E-state index contributed by atoms with van der Waals surface area (Å²) in [5, 5.41) is 3.32. The van der Waals surface area contributed by atoms with Crippen molar-refractivity contribution in [1.82, 2.24) is 24.9 Å². The molecule has 1 aromatic rings. The number of rotatable bonds is 12. The summed E-state index contributed by atoms with van der Waals surface area (Å²) in [6.07, 6.45) is 2.22. The maximum absolute atomic E-state index is 12.4. The van der Waals surface area contributed by atoms with Crippen molar-refractivity contribution < 1.29 is 4.79 Å². The van der Waals surface area contributed by atoms with E-state index in [1.54, 1.807) is 0 Å². The van der Waals surface area contributed by atoms with Crippen LogP contribution in [0.3, 0.4) is 0 Å². The Morgan fingerprint density at radius 1 is 1.00 bits per heavy atom. The molecule has 2 rings (SSSR count). The van der Waals surface area contributed by atoms with Crippen LogP contribution in [0.2, 0.25) is 0 Å². The van der Waals surface area contributed by atoms with E-state index in [9.17, 15) is 4.79 Å². The molecule has 0 atom stereocenters. The van der Waals surface area contributed by atoms with Crippen LogP contribution in [-0.4, -0.2) is 104 Å². The van der Waals surface area contributed by atoms with E-state index in [1.165, 1.54) is 5.56 Å². The van der Waals surface area contributed by atoms with E-state index < -0.39 is 0 Å². The van der Waals surface area contributed by atoms with Crippen molar-refractivity contribution in [3.8, 4) is 0 Å². The maximum Gasteiger partial charge on any atom is 0.242 e. The Balaban J connectivity index is 1.66. The average molecular weight is 445 g/mol. The summed E-state index contributed by atoms with van der Waals surface area (Å²) >= 11 is 0. The van der Waals surface area contributed by atoms with Gasteiger partial charge < -0.3 is 20.0 Å². The Labute approximate surface area is 195 Å². The van der Waals surface area contributed by atoms with Crippen LogP contribution in [0.15, 0.2) is 35.3 Å². The fraction of sp³-hybridized carbons (Fsp3) is 0.680. The van der Waals surface area contributed by atoms with Gasteiger partial charge in [-0.2, -0.15) is 0 Å². The molecule has 0 unspecified atom stereocenters. The second-order valence-electron chi connectivity index (χ2n) is 8.47. The fourth-order valence-corrected chi connectivity index (χ4v) is 4.07. The van der Waals surface area contributed by atoms with E-state index in [0.29, 0.717) is 6.54 Å². The van der Waals surface area contributed by atoms with Gasteiger partial charge in [0.2, 0.25) is 5.91 Å². The summed E-state index contributed by atoms with van der Waals surface area (Å²) in [4.78, 5) is 26.1. The zero-order chi connectivity index (χ0) is 23.2. The molecule has 32 heavy (non-hydrogen) atoms. The van der Waals surface area contributed by atoms with E-state index in [0.717, 1.165) is 84.2 Å². The molecule has 0 bridgehead atoms. The van der Waals surface area contributed by atoms with Crippen LogP contribution in [-0.2, 0) is 11.3 Å². The first-order valence-electron chi connectivity index (χ1n) is 12.3. The molecule has 0 aliphatic carbocycles. The van der Waals surface area contributed by atoms with E-state index in [4.69, 9.17) is 4.99 Å². The molecular weight excluding hydrogens is 400 g/mol. The van der Waals surface area contributed by atoms with Crippen LogP contribution in [0.1, 0.15) is 39.2 Å². The van der Waals surface area contributed by atoms with Gasteiger partial charge in [0.15, 0.2) is 5.96 Å². The Morgan fingerprint density at radius 2 is 1.66 bits per heavy atom. The molecule has 0 saturated carbocycles. The van der Waals surface area contributed by atoms with Gasteiger partial charge in [-0.1, -0.05) is 30.3 Å². The standard InChI is InChI=1S/C25H44N6O/c1-5-26-25(28(4)22-24(32)31(6-2)7-3)27-15-11-12-16-29-17-19-30(20-18-29)21-23-13-9-8-10-14-23/h8-10,13-14H,5-7,11-12,15-22H2,1-4H3,(H,26,27). The van der Waals surface area contributed by atoms with Gasteiger partial charge >= 0.3 is 0 Å². The Morgan fingerprint density at radius 3 is 2.28 bits per heavy atom. The summed E-state index contributed by atoms with van der Waals surface area (Å²) in [6.45, 7) is 16.3. The number of nitrogens with zero attached hydrogens (tertiary/aromatic N) is 5. The number of carbonyl (C=O) groups excluding carboxylic acids is 1. The number of aliphatic imine (C=N–C) groups is 1. The van der Waals surface area contributed by atoms with Crippen molar-refractivity contribution in [2.45, 2.75) is 40.2 Å². The number of benzene rings is 1. The van der Waals surface area contributed by atoms with E-state index in [1.807, 2.05) is 30.7 Å². The van der Waals surface area contributed by atoms with Crippen molar-refractivity contribution in [3.05, 3.63) is 35.9 Å². The fourth-order valence-electron chi connectivity index (χ4n) is 4.07. The third-order valence-corrected chi connectivity index (χ3v) is 6.04. The molecule has 7 nitrogen and oxygen atoms in total. The lowest BCUT2D eigenvalue weighted by Crippen LogP contribution is -2.46. The van der Waals surface area contributed by atoms with Crippen LogP contribution < -0.4 is 5.32 Å². The van der Waals surface area contributed by atoms with Gasteiger partial charge in [-0.25, -0.2) is 0 Å². The van der Waals surface area contributed by atoms with Gasteiger partial charge in [-0.05, 0) is 45.7 Å². The number of carbonyl (C=O) groups is 1. The van der Waals surface area contributed by atoms with Gasteiger partial charge in [0.05, 0.1) is 6.54 Å². The molecular formula is C25H44N6O. The van der Waals surface area contributed by atoms with E-state index >= 15 is 0 Å². The predicted octanol–water partition coefficient (Wildman–Crippen LogP) is 2.35. The summed E-state index contributed by atoms with van der Waals surface area (Å²) in [6, 6.07) is 10.7. The molecule has 1 heterocycles. The highest BCUT2D eigenvalue weighted by molar-refractivity contribution is 5.86. The van der Waals surface area contributed by atoms with Crippen LogP contribution in [0.5, 0.6) is 0 Å². The highest BCUT2D eigenvalue weighted by Gasteiger charge is 2.17. The van der Waals surface area contributed by atoms with Crippen molar-refractivity contribution in [1.29, 1.82) is 0 Å². The number of unbranched alkanes of at least 4 members (excludes halogenated alkanes) is 1. The molecule has 1 N–H and O–H groups in total. The molecule has 180 valence electrons. The maximum atomic E-state index is 12.4. The second-order valence-corrected chi connectivity index (χ2v) is 8.47. The Bertz CT molecular complexity index is 668. The number of nitrogens with one attached hydrogen (secondary N) is 1. The van der Waals surface area contributed by atoms with Crippen LogP contribution in [0.4, 0.5) is 0 Å². The van der Waals surface area contributed by atoms with Crippen molar-refractivity contribution in [3.63, 3.8) is 0 Å². The monoisotopic (exact) mass is 444 g/mol. The van der Waals surface area contributed by atoms with E-state index in [2.05, 4.69) is 52.4 Å². The van der Waals surface area contributed by atoms with Crippen LogP contribution >= 0.6 is 0 Å². The first-order valence-corrected chi connectivity index (χ1v) is 12.3. The van der Waals surface area contributed by atoms with E-state index in [-0.39, 0.29) is 5.91 Å². The summed E-state index contributed by atoms with van der Waals surface area (Å²) in [5.74, 6) is 0.969. The third kappa shape index (κ3) is 9.17. The molecule has 7 heteroatoms. The van der Waals surface area contributed by atoms with Crippen LogP contribution in [0.25, 0.3) is 0 Å². The van der Waals surface area contributed by atoms with Gasteiger partial charge in [0.1, 0.15) is 0 Å². The third-order valence-electron chi connectivity index (χ3n) is 6.04. The van der Waals surface area contributed by atoms with Crippen molar-refractivity contribution in [2.75, 3.05) is 72.5 Å². The number of guanidine groups is 1. The molecule has 1 aliphatic heterocycles. The number of likely N-dealkylation sites (N-methyl/N-ethyl adjacent to an activating group) is 2. The summed E-state index contributed by atoms with van der Waals surface area (Å²) in [7, 11) is 1.94. The molecule has 1 amide bonds. The first kappa shape index (κ1) is 26.1. The second kappa shape index (κ2) is 14.9. The topological polar surface area (TPSA) is 54.4 Å². The number of hydrogen-bond acceptors (Lipinski definition) is 4. The molecule has 1 aliphatic rings. The first-order chi connectivity index (χ1) is 15.6. The quantitative estimate of drug-likeness (QED) is 0.305. The number of hydrogen-bond donors (Lipinski definition) is 1. The highest BCUT2D eigenvalue weighted by atomic mass is 16.2. The average Bonchev–Trinajstić information content (AvgIpc) is 2.80. The minimum absolute atomic E-state index is 0.148. The molecule has 0 aromatic heterocycles. The molecule has 1 fully saturated rings. The van der Waals surface area contributed by atoms with Crippen LogP contribution in [0, 0.1) is 0 Å². The Kier molecular flexibility index (Phi) is 12.1. The Hall–Kier alpha value is -2.12. The minimum atomic E-state index is 0.148. The number of amides is 1. The zero-order valence-electron chi connectivity index (χ0n) is 20.7. The lowest BCUT2D eigenvalue weighted by atomic mass is 10.2. The lowest BCUT2D eigenvalue weighted by Gasteiger charge is -2.34. The largest absolute Gasteiger partial charge is 0.357 e. The minimum Gasteiger partial charge on any atom is -0.357 e. The number of piperazine rings is 1. The lowest BCUT2D eigenvalue weighted by molar-refractivity contribution is -0.131. The molecule has 1 saturated heterocycles. The van der Waals surface area contributed by atoms with Gasteiger partial charge in [-0.3, -0.25) is 14.7 Å². The molecule has 0 radical (unpaired) electrons. The van der Waals surface area contributed by atoms with Crippen molar-refractivity contribution >= 4 is 11.9 Å². The molecule has 0 spiro atoms. The van der Waals surface area contributed by atoms with Gasteiger partial charge in [0.25, 0.3) is 0 Å². The predicted molar refractivity (Wildman–Crippen MR) is 134 cm³/mol. The van der Waals surface area contributed by atoms with Gasteiger partial charge in [0, 0.05) is 66.0 Å². The normalized spacial score (nSPS) is 15.6. The summed E-state index contributed by atoms with van der Waals surface area (Å²) in [5.41, 5.74) is 1.40.